The lowest BCUT2D eigenvalue weighted by molar-refractivity contribution is -0.149. The minimum atomic E-state index is -1.12. The van der Waals surface area contributed by atoms with Crippen LogP contribution in [0.1, 0.15) is 97.3 Å². The van der Waals surface area contributed by atoms with Gasteiger partial charge in [0.15, 0.2) is 0 Å². The van der Waals surface area contributed by atoms with Crippen LogP contribution in [0.5, 0.6) is 0 Å². The van der Waals surface area contributed by atoms with Crippen LogP contribution in [-0.4, -0.2) is 71.8 Å². The summed E-state index contributed by atoms with van der Waals surface area (Å²) in [5, 5.41) is 8.65. The highest BCUT2D eigenvalue weighted by molar-refractivity contribution is 6.38. The molecule has 208 valence electrons. The number of Topliss-reactive ketones (excluding diaryl/α,β-unsaturated/α-hetero) is 1. The van der Waals surface area contributed by atoms with Crippen molar-refractivity contribution in [3.05, 3.63) is 0 Å². The molecule has 0 bridgehead atoms. The normalized spacial score (nSPS) is 21.1. The zero-order valence-corrected chi connectivity index (χ0v) is 22.4. The Labute approximate surface area is 220 Å². The number of ketones is 1. The third-order valence-electron chi connectivity index (χ3n) is 8.00. The Morgan fingerprint density at radius 2 is 1.57 bits per heavy atom. The van der Waals surface area contributed by atoms with Crippen LogP contribution in [0.4, 0.5) is 4.79 Å². The summed E-state index contributed by atoms with van der Waals surface area (Å²) in [4.78, 5) is 66.1. The third-order valence-corrected chi connectivity index (χ3v) is 8.00. The Morgan fingerprint density at radius 1 is 0.919 bits per heavy atom. The Balaban J connectivity index is 1.63. The molecule has 0 unspecified atom stereocenters. The van der Waals surface area contributed by atoms with Crippen molar-refractivity contribution in [1.29, 1.82) is 0 Å². The minimum absolute atomic E-state index is 0.0198. The van der Waals surface area contributed by atoms with E-state index in [1.165, 1.54) is 0 Å². The predicted octanol–water partition coefficient (Wildman–Crippen LogP) is 2.59. The number of nitrogens with zero attached hydrogens (tertiary/aromatic N) is 1. The first-order chi connectivity index (χ1) is 17.8. The molecule has 1 aliphatic heterocycles. The quantitative estimate of drug-likeness (QED) is 0.299. The fourth-order valence-corrected chi connectivity index (χ4v) is 5.77. The topological polar surface area (TPSA) is 134 Å². The van der Waals surface area contributed by atoms with Crippen molar-refractivity contribution in [3.8, 4) is 0 Å². The SMILES string of the molecule is CCC[C@H](NC(=O)C1(NC(=O)N2CCC(C(=O)OCC)CC2)CCCCC1)C(=O)C(=O)NC1CCCC1. The van der Waals surface area contributed by atoms with Crippen LogP contribution in [0.25, 0.3) is 0 Å². The number of rotatable bonds is 10. The molecule has 10 nitrogen and oxygen atoms in total. The molecule has 1 heterocycles. The molecule has 0 aromatic carbocycles. The lowest BCUT2D eigenvalue weighted by Gasteiger charge is -2.40. The van der Waals surface area contributed by atoms with E-state index in [1.54, 1.807) is 11.8 Å². The molecule has 2 saturated carbocycles. The summed E-state index contributed by atoms with van der Waals surface area (Å²) in [5.74, 6) is -2.11. The molecule has 4 amide bonds. The molecular weight excluding hydrogens is 476 g/mol. The number of hydrogen-bond acceptors (Lipinski definition) is 6. The van der Waals surface area contributed by atoms with Gasteiger partial charge in [0.2, 0.25) is 11.7 Å². The maximum absolute atomic E-state index is 13.6. The second kappa shape index (κ2) is 13.8. The van der Waals surface area contributed by atoms with E-state index in [4.69, 9.17) is 4.74 Å². The average molecular weight is 521 g/mol. The number of carbonyl (C=O) groups is 5. The van der Waals surface area contributed by atoms with Gasteiger partial charge in [-0.05, 0) is 51.9 Å². The molecule has 10 heteroatoms. The molecule has 3 aliphatic rings. The molecule has 3 N–H and O–H groups in total. The maximum atomic E-state index is 13.6. The second-order valence-electron chi connectivity index (χ2n) is 10.7. The van der Waals surface area contributed by atoms with Gasteiger partial charge in [-0.15, -0.1) is 0 Å². The Hall–Kier alpha value is -2.65. The van der Waals surface area contributed by atoms with Crippen molar-refractivity contribution < 1.29 is 28.7 Å². The summed E-state index contributed by atoms with van der Waals surface area (Å²) >= 11 is 0. The first-order valence-electron chi connectivity index (χ1n) is 14.2. The van der Waals surface area contributed by atoms with Gasteiger partial charge in [0.25, 0.3) is 5.91 Å². The van der Waals surface area contributed by atoms with Gasteiger partial charge in [0, 0.05) is 19.1 Å². The average Bonchev–Trinajstić information content (AvgIpc) is 3.41. The lowest BCUT2D eigenvalue weighted by atomic mass is 9.80. The summed E-state index contributed by atoms with van der Waals surface area (Å²) < 4.78 is 5.11. The molecule has 3 fully saturated rings. The zero-order chi connectivity index (χ0) is 26.8. The second-order valence-corrected chi connectivity index (χ2v) is 10.7. The Bertz CT molecular complexity index is 827. The highest BCUT2D eigenvalue weighted by Gasteiger charge is 2.44. The van der Waals surface area contributed by atoms with Gasteiger partial charge in [0.1, 0.15) is 5.54 Å². The van der Waals surface area contributed by atoms with E-state index in [1.807, 2.05) is 6.92 Å². The number of piperidine rings is 1. The van der Waals surface area contributed by atoms with Gasteiger partial charge in [-0.1, -0.05) is 45.4 Å². The summed E-state index contributed by atoms with van der Waals surface area (Å²) in [6, 6.07) is -1.24. The van der Waals surface area contributed by atoms with E-state index in [9.17, 15) is 24.0 Å². The molecular formula is C27H44N4O6. The van der Waals surface area contributed by atoms with E-state index in [0.29, 0.717) is 58.2 Å². The molecule has 0 aromatic rings. The van der Waals surface area contributed by atoms with Crippen molar-refractivity contribution >= 4 is 29.6 Å². The molecule has 1 atom stereocenters. The minimum Gasteiger partial charge on any atom is -0.466 e. The largest absolute Gasteiger partial charge is 0.466 e. The predicted molar refractivity (Wildman–Crippen MR) is 138 cm³/mol. The van der Waals surface area contributed by atoms with Crippen LogP contribution in [0.3, 0.4) is 0 Å². The summed E-state index contributed by atoms with van der Waals surface area (Å²) in [5.41, 5.74) is -1.12. The lowest BCUT2D eigenvalue weighted by Crippen LogP contribution is -2.64. The van der Waals surface area contributed by atoms with E-state index < -0.39 is 29.2 Å². The first-order valence-corrected chi connectivity index (χ1v) is 14.2. The van der Waals surface area contributed by atoms with Gasteiger partial charge < -0.3 is 25.6 Å². The van der Waals surface area contributed by atoms with E-state index in [2.05, 4.69) is 16.0 Å². The number of esters is 1. The van der Waals surface area contributed by atoms with Crippen molar-refractivity contribution in [1.82, 2.24) is 20.9 Å². The number of ether oxygens (including phenoxy) is 1. The van der Waals surface area contributed by atoms with Gasteiger partial charge in [-0.3, -0.25) is 19.2 Å². The molecule has 0 aromatic heterocycles. The maximum Gasteiger partial charge on any atom is 0.318 e. The number of nitrogens with one attached hydrogen (secondary N) is 3. The summed E-state index contributed by atoms with van der Waals surface area (Å²) in [6.45, 7) is 4.83. The first kappa shape index (κ1) is 28.9. The van der Waals surface area contributed by atoms with Gasteiger partial charge >= 0.3 is 12.0 Å². The van der Waals surface area contributed by atoms with Crippen molar-refractivity contribution in [2.24, 2.45) is 5.92 Å². The van der Waals surface area contributed by atoms with Crippen LogP contribution in [0, 0.1) is 5.92 Å². The smallest absolute Gasteiger partial charge is 0.318 e. The highest BCUT2D eigenvalue weighted by atomic mass is 16.5. The fourth-order valence-electron chi connectivity index (χ4n) is 5.77. The van der Waals surface area contributed by atoms with Crippen LogP contribution < -0.4 is 16.0 Å². The van der Waals surface area contributed by atoms with E-state index in [0.717, 1.165) is 44.9 Å². The summed E-state index contributed by atoms with van der Waals surface area (Å²) in [6.07, 6.45) is 9.34. The van der Waals surface area contributed by atoms with Gasteiger partial charge in [-0.25, -0.2) is 4.79 Å². The molecule has 0 spiro atoms. The van der Waals surface area contributed by atoms with Crippen molar-refractivity contribution in [3.63, 3.8) is 0 Å². The number of hydrogen-bond donors (Lipinski definition) is 3. The zero-order valence-electron chi connectivity index (χ0n) is 22.4. The highest BCUT2D eigenvalue weighted by Crippen LogP contribution is 2.30. The fraction of sp³-hybridized carbons (Fsp3) is 0.815. The monoisotopic (exact) mass is 520 g/mol. The molecule has 0 radical (unpaired) electrons. The summed E-state index contributed by atoms with van der Waals surface area (Å²) in [7, 11) is 0. The van der Waals surface area contributed by atoms with Crippen LogP contribution in [0.15, 0.2) is 0 Å². The van der Waals surface area contributed by atoms with Crippen LogP contribution in [0.2, 0.25) is 0 Å². The van der Waals surface area contributed by atoms with E-state index >= 15 is 0 Å². The third kappa shape index (κ3) is 7.68. The van der Waals surface area contributed by atoms with Crippen LogP contribution in [-0.2, 0) is 23.9 Å². The molecule has 37 heavy (non-hydrogen) atoms. The Kier molecular flexibility index (Phi) is 10.8. The number of urea groups is 1. The van der Waals surface area contributed by atoms with Gasteiger partial charge in [0.05, 0.1) is 18.6 Å². The molecule has 3 rings (SSSR count). The van der Waals surface area contributed by atoms with Crippen molar-refractivity contribution in [2.75, 3.05) is 19.7 Å². The van der Waals surface area contributed by atoms with Gasteiger partial charge in [-0.2, -0.15) is 0 Å². The van der Waals surface area contributed by atoms with Crippen LogP contribution >= 0.6 is 0 Å². The number of carbonyl (C=O) groups excluding carboxylic acids is 5. The van der Waals surface area contributed by atoms with Crippen molar-refractivity contribution in [2.45, 2.75) is 115 Å². The standard InChI is InChI=1S/C27H44N4O6/c1-3-10-21(22(32)23(33)28-20-11-6-7-12-20)29-25(35)27(15-8-5-9-16-27)30-26(36)31-17-13-19(14-18-31)24(34)37-4-2/h19-21H,3-18H2,1-2H3,(H,28,33)(H,29,35)(H,30,36)/t21-/m0/s1. The van der Waals surface area contributed by atoms with E-state index in [-0.39, 0.29) is 24.0 Å². The molecule has 2 aliphatic carbocycles. The number of likely N-dealkylation sites (tertiary alicyclic amines) is 1. The number of amides is 4. The Morgan fingerprint density at radius 3 is 2.16 bits per heavy atom. The molecule has 1 saturated heterocycles.